The Hall–Kier alpha value is -2.88. The summed E-state index contributed by atoms with van der Waals surface area (Å²) in [7, 11) is -0.673. The molecule has 2 aromatic rings. The van der Waals surface area contributed by atoms with Crippen LogP contribution in [0.1, 0.15) is 5.56 Å². The van der Waals surface area contributed by atoms with E-state index in [1.165, 1.54) is 35.7 Å². The zero-order chi connectivity index (χ0) is 21.6. The predicted molar refractivity (Wildman–Crippen MR) is 113 cm³/mol. The number of carbonyl (C=O) groups is 1. The van der Waals surface area contributed by atoms with Gasteiger partial charge < -0.3 is 19.5 Å². The standard InChI is InChI=1S/C21H24N2O6S/c1-27-17-5-3-4-16(14-17)6-9-21(24)22-19-15-18(7-8-20(19)28-2)30(25,26)23-10-12-29-13-11-23/h3-9,14-15H,10-13H2,1-2H3,(H,22,24)/b9-6+. The van der Waals surface area contributed by atoms with E-state index in [4.69, 9.17) is 14.2 Å². The quantitative estimate of drug-likeness (QED) is 0.675. The van der Waals surface area contributed by atoms with Crippen molar-refractivity contribution in [2.24, 2.45) is 0 Å². The van der Waals surface area contributed by atoms with Crippen LogP contribution in [-0.4, -0.2) is 59.2 Å². The smallest absolute Gasteiger partial charge is 0.248 e. The van der Waals surface area contributed by atoms with Crippen LogP contribution in [0.5, 0.6) is 11.5 Å². The van der Waals surface area contributed by atoms with E-state index < -0.39 is 15.9 Å². The summed E-state index contributed by atoms with van der Waals surface area (Å²) in [4.78, 5) is 12.5. The summed E-state index contributed by atoms with van der Waals surface area (Å²) in [6.45, 7) is 1.29. The summed E-state index contributed by atoms with van der Waals surface area (Å²) in [5.74, 6) is 0.622. The molecule has 1 amide bonds. The molecule has 8 nitrogen and oxygen atoms in total. The van der Waals surface area contributed by atoms with Crippen LogP contribution < -0.4 is 14.8 Å². The molecule has 1 aliphatic rings. The number of nitrogens with zero attached hydrogens (tertiary/aromatic N) is 1. The average molecular weight is 432 g/mol. The highest BCUT2D eigenvalue weighted by Gasteiger charge is 2.27. The molecule has 0 atom stereocenters. The molecule has 1 N–H and O–H groups in total. The highest BCUT2D eigenvalue weighted by molar-refractivity contribution is 7.89. The minimum absolute atomic E-state index is 0.0808. The molecule has 3 rings (SSSR count). The Morgan fingerprint density at radius 1 is 1.10 bits per heavy atom. The van der Waals surface area contributed by atoms with Crippen LogP contribution in [0.3, 0.4) is 0 Å². The van der Waals surface area contributed by atoms with Crippen LogP contribution in [0.15, 0.2) is 53.4 Å². The Balaban J connectivity index is 1.79. The summed E-state index contributed by atoms with van der Waals surface area (Å²) < 4.78 is 42.8. The molecule has 0 spiro atoms. The molecule has 0 aliphatic carbocycles. The third-order valence-electron chi connectivity index (χ3n) is 4.56. The van der Waals surface area contributed by atoms with E-state index in [2.05, 4.69) is 5.32 Å². The Bertz CT molecular complexity index is 1030. The van der Waals surface area contributed by atoms with E-state index in [0.717, 1.165) is 5.56 Å². The van der Waals surface area contributed by atoms with Gasteiger partial charge in [-0.2, -0.15) is 4.31 Å². The normalized spacial score (nSPS) is 15.1. The van der Waals surface area contributed by atoms with Crippen LogP contribution in [0.4, 0.5) is 5.69 Å². The highest BCUT2D eigenvalue weighted by Crippen LogP contribution is 2.29. The van der Waals surface area contributed by atoms with Gasteiger partial charge in [0.1, 0.15) is 11.5 Å². The topological polar surface area (TPSA) is 94.2 Å². The van der Waals surface area contributed by atoms with Crippen molar-refractivity contribution in [3.63, 3.8) is 0 Å². The molecular weight excluding hydrogens is 408 g/mol. The largest absolute Gasteiger partial charge is 0.497 e. The fourth-order valence-electron chi connectivity index (χ4n) is 2.97. The van der Waals surface area contributed by atoms with E-state index in [1.807, 2.05) is 18.2 Å². The summed E-state index contributed by atoms with van der Waals surface area (Å²) in [6.07, 6.45) is 3.00. The van der Waals surface area contributed by atoms with Gasteiger partial charge in [0, 0.05) is 19.2 Å². The van der Waals surface area contributed by atoms with Gasteiger partial charge in [-0.05, 0) is 42.0 Å². The Morgan fingerprint density at radius 2 is 1.87 bits per heavy atom. The molecule has 0 saturated carbocycles. The maximum atomic E-state index is 12.9. The number of methoxy groups -OCH3 is 2. The van der Waals surface area contributed by atoms with Crippen molar-refractivity contribution >= 4 is 27.7 Å². The van der Waals surface area contributed by atoms with Gasteiger partial charge in [0.05, 0.1) is 38.0 Å². The van der Waals surface area contributed by atoms with Crippen LogP contribution in [0.2, 0.25) is 0 Å². The summed E-state index contributed by atoms with van der Waals surface area (Å²) >= 11 is 0. The van der Waals surface area contributed by atoms with Gasteiger partial charge in [0.15, 0.2) is 0 Å². The molecule has 1 heterocycles. The number of carbonyl (C=O) groups excluding carboxylic acids is 1. The molecule has 0 aromatic heterocycles. The van der Waals surface area contributed by atoms with Gasteiger partial charge in [-0.15, -0.1) is 0 Å². The number of ether oxygens (including phenoxy) is 3. The summed E-state index contributed by atoms with van der Waals surface area (Å²) in [6, 6.07) is 11.6. The highest BCUT2D eigenvalue weighted by atomic mass is 32.2. The first-order valence-electron chi connectivity index (χ1n) is 9.33. The van der Waals surface area contributed by atoms with Crippen molar-refractivity contribution in [2.45, 2.75) is 4.90 Å². The van der Waals surface area contributed by atoms with Gasteiger partial charge in [-0.1, -0.05) is 12.1 Å². The van der Waals surface area contributed by atoms with Crippen LogP contribution >= 0.6 is 0 Å². The number of nitrogens with one attached hydrogen (secondary N) is 1. The van der Waals surface area contributed by atoms with Gasteiger partial charge >= 0.3 is 0 Å². The molecule has 160 valence electrons. The Morgan fingerprint density at radius 3 is 2.57 bits per heavy atom. The van der Waals surface area contributed by atoms with Gasteiger partial charge in [0.2, 0.25) is 15.9 Å². The molecule has 1 aliphatic heterocycles. The summed E-state index contributed by atoms with van der Waals surface area (Å²) in [5.41, 5.74) is 1.06. The fraction of sp³-hybridized carbons (Fsp3) is 0.286. The number of morpholine rings is 1. The number of amides is 1. The van der Waals surface area contributed by atoms with E-state index in [0.29, 0.717) is 37.8 Å². The summed E-state index contributed by atoms with van der Waals surface area (Å²) in [5, 5.41) is 2.69. The van der Waals surface area contributed by atoms with E-state index >= 15 is 0 Å². The molecule has 0 radical (unpaired) electrons. The Kier molecular flexibility index (Phi) is 7.09. The van der Waals surface area contributed by atoms with E-state index in [1.54, 1.807) is 19.3 Å². The lowest BCUT2D eigenvalue weighted by molar-refractivity contribution is -0.111. The van der Waals surface area contributed by atoms with E-state index in [-0.39, 0.29) is 10.6 Å². The second-order valence-corrected chi connectivity index (χ2v) is 8.42. The lowest BCUT2D eigenvalue weighted by atomic mass is 10.2. The first kappa shape index (κ1) is 21.8. The number of benzene rings is 2. The zero-order valence-electron chi connectivity index (χ0n) is 16.8. The average Bonchev–Trinajstić information content (AvgIpc) is 2.78. The lowest BCUT2D eigenvalue weighted by Crippen LogP contribution is -2.40. The Labute approximate surface area is 176 Å². The predicted octanol–water partition coefficient (Wildman–Crippen LogP) is 2.38. The molecule has 1 fully saturated rings. The van der Waals surface area contributed by atoms with E-state index in [9.17, 15) is 13.2 Å². The van der Waals surface area contributed by atoms with Gasteiger partial charge in [-0.3, -0.25) is 4.79 Å². The third kappa shape index (κ3) is 5.18. The molecule has 1 saturated heterocycles. The molecular formula is C21H24N2O6S. The van der Waals surface area contributed by atoms with Crippen molar-refractivity contribution in [2.75, 3.05) is 45.8 Å². The van der Waals surface area contributed by atoms with Crippen molar-refractivity contribution in [3.05, 3.63) is 54.1 Å². The van der Waals surface area contributed by atoms with Gasteiger partial charge in [0.25, 0.3) is 0 Å². The molecule has 0 bridgehead atoms. The first-order valence-corrected chi connectivity index (χ1v) is 10.8. The molecule has 9 heteroatoms. The van der Waals surface area contributed by atoms with Gasteiger partial charge in [-0.25, -0.2) is 8.42 Å². The minimum atomic E-state index is -3.69. The van der Waals surface area contributed by atoms with Crippen molar-refractivity contribution in [1.82, 2.24) is 4.31 Å². The molecule has 2 aromatic carbocycles. The molecule has 0 unspecified atom stereocenters. The minimum Gasteiger partial charge on any atom is -0.497 e. The number of anilines is 1. The monoisotopic (exact) mass is 432 g/mol. The molecule has 30 heavy (non-hydrogen) atoms. The number of sulfonamides is 1. The third-order valence-corrected chi connectivity index (χ3v) is 6.45. The maximum absolute atomic E-state index is 12.9. The number of rotatable bonds is 7. The lowest BCUT2D eigenvalue weighted by Gasteiger charge is -2.26. The number of hydrogen-bond donors (Lipinski definition) is 1. The SMILES string of the molecule is COc1cccc(/C=C/C(=O)Nc2cc(S(=O)(=O)N3CCOCC3)ccc2OC)c1. The fourth-order valence-corrected chi connectivity index (χ4v) is 4.41. The van der Waals surface area contributed by atoms with Crippen LogP contribution in [-0.2, 0) is 19.6 Å². The van der Waals surface area contributed by atoms with Crippen molar-refractivity contribution < 1.29 is 27.4 Å². The zero-order valence-corrected chi connectivity index (χ0v) is 17.6. The van der Waals surface area contributed by atoms with Crippen molar-refractivity contribution in [1.29, 1.82) is 0 Å². The second-order valence-electron chi connectivity index (χ2n) is 6.48. The maximum Gasteiger partial charge on any atom is 0.248 e. The second kappa shape index (κ2) is 9.75. The van der Waals surface area contributed by atoms with Crippen LogP contribution in [0.25, 0.3) is 6.08 Å². The van der Waals surface area contributed by atoms with Crippen molar-refractivity contribution in [3.8, 4) is 11.5 Å². The number of hydrogen-bond acceptors (Lipinski definition) is 6. The first-order chi connectivity index (χ1) is 14.4. The van der Waals surface area contributed by atoms with Crippen LogP contribution in [0, 0.1) is 0 Å².